The number of rotatable bonds is 2. The predicted molar refractivity (Wildman–Crippen MR) is 53.6 cm³/mol. The van der Waals surface area contributed by atoms with E-state index in [2.05, 4.69) is 4.85 Å². The van der Waals surface area contributed by atoms with Crippen molar-refractivity contribution in [3.05, 3.63) is 35.7 Å². The van der Waals surface area contributed by atoms with Crippen molar-refractivity contribution in [2.45, 2.75) is 4.90 Å². The number of nitrogens with zero attached hydrogens (tertiary/aromatic N) is 2. The summed E-state index contributed by atoms with van der Waals surface area (Å²) in [5.41, 5.74) is 0.154. The van der Waals surface area contributed by atoms with Crippen LogP contribution in [0.1, 0.15) is 0 Å². The quantitative estimate of drug-likeness (QED) is 0.694. The van der Waals surface area contributed by atoms with Crippen molar-refractivity contribution >= 4 is 15.7 Å². The Morgan fingerprint density at radius 1 is 1.29 bits per heavy atom. The molecule has 0 amide bonds. The van der Waals surface area contributed by atoms with Crippen molar-refractivity contribution in [2.75, 3.05) is 14.1 Å². The zero-order chi connectivity index (χ0) is 10.8. The van der Waals surface area contributed by atoms with Gasteiger partial charge in [0.1, 0.15) is 0 Å². The fraction of sp³-hybridized carbons (Fsp3) is 0.222. The predicted octanol–water partition coefficient (Wildman–Crippen LogP) is 1.49. The van der Waals surface area contributed by atoms with E-state index in [4.69, 9.17) is 6.57 Å². The van der Waals surface area contributed by atoms with Crippen molar-refractivity contribution in [3.63, 3.8) is 0 Å². The zero-order valence-electron chi connectivity index (χ0n) is 7.93. The van der Waals surface area contributed by atoms with Crippen LogP contribution in [0, 0.1) is 6.57 Å². The van der Waals surface area contributed by atoms with Gasteiger partial charge in [0, 0.05) is 14.1 Å². The second-order valence-electron chi connectivity index (χ2n) is 2.87. The summed E-state index contributed by atoms with van der Waals surface area (Å²) in [7, 11) is -0.619. The van der Waals surface area contributed by atoms with Crippen LogP contribution in [0.15, 0.2) is 29.2 Å². The molecule has 0 fully saturated rings. The Morgan fingerprint density at radius 3 is 2.36 bits per heavy atom. The molecule has 1 rings (SSSR count). The third-order valence-electron chi connectivity index (χ3n) is 1.74. The molecular weight excluding hydrogens is 200 g/mol. The molecule has 1 aromatic rings. The van der Waals surface area contributed by atoms with E-state index in [0.717, 1.165) is 4.31 Å². The molecule has 4 nitrogen and oxygen atoms in total. The van der Waals surface area contributed by atoms with Crippen LogP contribution >= 0.6 is 0 Å². The van der Waals surface area contributed by atoms with Crippen molar-refractivity contribution in [1.29, 1.82) is 0 Å². The average molecular weight is 210 g/mol. The van der Waals surface area contributed by atoms with Crippen LogP contribution in [-0.4, -0.2) is 26.8 Å². The van der Waals surface area contributed by atoms with E-state index >= 15 is 0 Å². The van der Waals surface area contributed by atoms with Crippen LogP contribution in [0.25, 0.3) is 4.85 Å². The van der Waals surface area contributed by atoms with Gasteiger partial charge in [-0.3, -0.25) is 0 Å². The largest absolute Gasteiger partial charge is 0.237 e. The lowest BCUT2D eigenvalue weighted by atomic mass is 10.3. The standard InChI is InChI=1S/C9H10N2O2S/c1-10-8-6-4-5-7-9(8)14(12,13)11(2)3/h4-7H,2-3H3. The van der Waals surface area contributed by atoms with Crippen molar-refractivity contribution < 1.29 is 8.42 Å². The Bertz CT molecular complexity index is 472. The summed E-state index contributed by atoms with van der Waals surface area (Å²) in [6.07, 6.45) is 0. The first-order chi connectivity index (χ1) is 6.50. The molecule has 0 saturated carbocycles. The molecule has 74 valence electrons. The van der Waals surface area contributed by atoms with Gasteiger partial charge < -0.3 is 0 Å². The lowest BCUT2D eigenvalue weighted by Gasteiger charge is -2.12. The number of hydrogen-bond acceptors (Lipinski definition) is 2. The number of para-hydroxylation sites is 1. The first kappa shape index (κ1) is 10.7. The van der Waals surface area contributed by atoms with Crippen LogP contribution in [-0.2, 0) is 10.0 Å². The fourth-order valence-corrected chi connectivity index (χ4v) is 1.99. The van der Waals surface area contributed by atoms with E-state index in [1.54, 1.807) is 12.1 Å². The van der Waals surface area contributed by atoms with E-state index in [-0.39, 0.29) is 10.6 Å². The number of sulfonamides is 1. The van der Waals surface area contributed by atoms with Gasteiger partial charge in [-0.2, -0.15) is 0 Å². The molecule has 0 N–H and O–H groups in total. The first-order valence-electron chi connectivity index (χ1n) is 3.89. The normalized spacial score (nSPS) is 11.3. The van der Waals surface area contributed by atoms with E-state index in [1.165, 1.54) is 26.2 Å². The van der Waals surface area contributed by atoms with Crippen molar-refractivity contribution in [2.24, 2.45) is 0 Å². The molecule has 0 saturated heterocycles. The topological polar surface area (TPSA) is 41.7 Å². The lowest BCUT2D eigenvalue weighted by Crippen LogP contribution is -2.22. The van der Waals surface area contributed by atoms with Crippen molar-refractivity contribution in [1.82, 2.24) is 4.31 Å². The highest BCUT2D eigenvalue weighted by atomic mass is 32.2. The zero-order valence-corrected chi connectivity index (χ0v) is 8.75. The molecule has 0 aliphatic rings. The SMILES string of the molecule is [C-]#[N+]c1ccccc1S(=O)(=O)N(C)C. The first-order valence-corrected chi connectivity index (χ1v) is 5.33. The van der Waals surface area contributed by atoms with E-state index in [0.29, 0.717) is 0 Å². The van der Waals surface area contributed by atoms with E-state index < -0.39 is 10.0 Å². The van der Waals surface area contributed by atoms with E-state index in [1.807, 2.05) is 0 Å². The van der Waals surface area contributed by atoms with Gasteiger partial charge in [0.05, 0.1) is 11.5 Å². The van der Waals surface area contributed by atoms with Gasteiger partial charge in [0.25, 0.3) is 0 Å². The number of hydrogen-bond donors (Lipinski definition) is 0. The highest BCUT2D eigenvalue weighted by Crippen LogP contribution is 2.25. The maximum atomic E-state index is 11.7. The minimum absolute atomic E-state index is 0.0556. The third-order valence-corrected chi connectivity index (χ3v) is 3.61. The Kier molecular flexibility index (Phi) is 2.89. The fourth-order valence-electron chi connectivity index (χ4n) is 0.964. The highest BCUT2D eigenvalue weighted by molar-refractivity contribution is 7.89. The summed E-state index contributed by atoms with van der Waals surface area (Å²) in [4.78, 5) is 3.22. The summed E-state index contributed by atoms with van der Waals surface area (Å²) in [6.45, 7) is 6.85. The van der Waals surface area contributed by atoms with Crippen LogP contribution < -0.4 is 0 Å². The Labute approximate surface area is 83.6 Å². The molecule has 0 radical (unpaired) electrons. The third kappa shape index (κ3) is 1.76. The van der Waals surface area contributed by atoms with Gasteiger partial charge in [-0.1, -0.05) is 24.3 Å². The molecule has 0 bridgehead atoms. The minimum Gasteiger partial charge on any atom is -0.237 e. The molecule has 0 spiro atoms. The van der Waals surface area contributed by atoms with Crippen molar-refractivity contribution in [3.8, 4) is 0 Å². The van der Waals surface area contributed by atoms with Gasteiger partial charge in [-0.05, 0) is 0 Å². The summed E-state index contributed by atoms with van der Waals surface area (Å²) in [5.74, 6) is 0. The Morgan fingerprint density at radius 2 is 1.86 bits per heavy atom. The van der Waals surface area contributed by atoms with Gasteiger partial charge in [0.15, 0.2) is 0 Å². The van der Waals surface area contributed by atoms with Gasteiger partial charge in [-0.15, -0.1) is 0 Å². The summed E-state index contributed by atoms with van der Waals surface area (Å²) in [6, 6.07) is 6.17. The van der Waals surface area contributed by atoms with Gasteiger partial charge in [-0.25, -0.2) is 17.6 Å². The molecule has 0 unspecified atom stereocenters. The van der Waals surface area contributed by atoms with Crippen LogP contribution in [0.2, 0.25) is 0 Å². The lowest BCUT2D eigenvalue weighted by molar-refractivity contribution is 0.521. The monoisotopic (exact) mass is 210 g/mol. The van der Waals surface area contributed by atoms with Gasteiger partial charge >= 0.3 is 0 Å². The highest BCUT2D eigenvalue weighted by Gasteiger charge is 2.20. The second-order valence-corrected chi connectivity index (χ2v) is 4.99. The van der Waals surface area contributed by atoms with Crippen LogP contribution in [0.3, 0.4) is 0 Å². The maximum Gasteiger partial charge on any atom is 0.233 e. The molecule has 0 aromatic heterocycles. The molecule has 0 atom stereocenters. The average Bonchev–Trinajstić information content (AvgIpc) is 2.17. The molecule has 0 aliphatic carbocycles. The molecule has 1 aromatic carbocycles. The van der Waals surface area contributed by atoms with Crippen LogP contribution in [0.5, 0.6) is 0 Å². The Hall–Kier alpha value is -1.38. The molecule has 5 heteroatoms. The second kappa shape index (κ2) is 3.78. The smallest absolute Gasteiger partial charge is 0.233 e. The van der Waals surface area contributed by atoms with Crippen LogP contribution in [0.4, 0.5) is 5.69 Å². The molecular formula is C9H10N2O2S. The summed E-state index contributed by atoms with van der Waals surface area (Å²) in [5, 5.41) is 0. The summed E-state index contributed by atoms with van der Waals surface area (Å²) >= 11 is 0. The molecule has 0 heterocycles. The summed E-state index contributed by atoms with van der Waals surface area (Å²) < 4.78 is 24.5. The molecule has 14 heavy (non-hydrogen) atoms. The van der Waals surface area contributed by atoms with E-state index in [9.17, 15) is 8.42 Å². The number of benzene rings is 1. The van der Waals surface area contributed by atoms with Gasteiger partial charge in [0.2, 0.25) is 15.7 Å². The minimum atomic E-state index is -3.50. The maximum absolute atomic E-state index is 11.7. The Balaban J connectivity index is 3.42. The molecule has 0 aliphatic heterocycles.